The number of allylic oxidation sites excluding steroid dienone is 1. The molecule has 1 aromatic rings. The molecule has 0 spiro atoms. The Kier molecular flexibility index (Phi) is 2.01. The first-order chi connectivity index (χ1) is 8.29. The molecule has 1 unspecified atom stereocenters. The fourth-order valence-electron chi connectivity index (χ4n) is 2.45. The van der Waals surface area contributed by atoms with E-state index >= 15 is 0 Å². The smallest absolute Gasteiger partial charge is 0.326 e. The third-order valence-electron chi connectivity index (χ3n) is 3.24. The zero-order valence-electron chi connectivity index (χ0n) is 9.38. The molecule has 0 radical (unpaired) electrons. The Morgan fingerprint density at radius 3 is 3.00 bits per heavy atom. The largest absolute Gasteiger partial charge is 0.468 e. The van der Waals surface area contributed by atoms with Crippen molar-refractivity contribution in [3.05, 3.63) is 53.2 Å². The molecule has 1 aromatic carbocycles. The lowest BCUT2D eigenvalue weighted by molar-refractivity contribution is -0.144. The van der Waals surface area contributed by atoms with E-state index in [2.05, 4.69) is 4.99 Å². The van der Waals surface area contributed by atoms with Gasteiger partial charge in [0.2, 0.25) is 0 Å². The van der Waals surface area contributed by atoms with Crippen molar-refractivity contribution in [2.75, 3.05) is 7.11 Å². The predicted octanol–water partition coefficient (Wildman–Crippen LogP) is 2.09. The van der Waals surface area contributed by atoms with Crippen molar-refractivity contribution in [2.45, 2.75) is 5.41 Å². The van der Waals surface area contributed by atoms with Gasteiger partial charge in [0.25, 0.3) is 0 Å². The maximum absolute atomic E-state index is 12.1. The van der Waals surface area contributed by atoms with Crippen molar-refractivity contribution in [3.8, 4) is 0 Å². The maximum atomic E-state index is 12.1. The SMILES string of the molecule is COC(=O)C12C=CC=NC1=Cc1ccccc12. The maximum Gasteiger partial charge on any atom is 0.326 e. The molecule has 0 aromatic heterocycles. The Hall–Kier alpha value is -2.16. The standard InChI is InChI=1S/C14H11NO2/c1-17-13(16)14-7-4-8-15-12(14)9-10-5-2-3-6-11(10)14/h2-9H,1H3. The van der Waals surface area contributed by atoms with Crippen LogP contribution in [0.5, 0.6) is 0 Å². The van der Waals surface area contributed by atoms with Gasteiger partial charge in [0.1, 0.15) is 0 Å². The Morgan fingerprint density at radius 2 is 2.18 bits per heavy atom. The van der Waals surface area contributed by atoms with Crippen LogP contribution >= 0.6 is 0 Å². The predicted molar refractivity (Wildman–Crippen MR) is 65.7 cm³/mol. The van der Waals surface area contributed by atoms with E-state index in [-0.39, 0.29) is 5.97 Å². The minimum absolute atomic E-state index is 0.290. The van der Waals surface area contributed by atoms with E-state index < -0.39 is 5.41 Å². The van der Waals surface area contributed by atoms with Gasteiger partial charge in [0.05, 0.1) is 12.8 Å². The van der Waals surface area contributed by atoms with Gasteiger partial charge in [-0.05, 0) is 23.3 Å². The third kappa shape index (κ3) is 1.16. The number of dihydropyridines is 1. The summed E-state index contributed by atoms with van der Waals surface area (Å²) in [6, 6.07) is 7.80. The number of ether oxygens (including phenoxy) is 1. The zero-order chi connectivity index (χ0) is 11.9. The number of carbonyl (C=O) groups excluding carboxylic acids is 1. The van der Waals surface area contributed by atoms with Crippen molar-refractivity contribution < 1.29 is 9.53 Å². The van der Waals surface area contributed by atoms with E-state index in [1.54, 1.807) is 12.3 Å². The molecule has 1 aliphatic carbocycles. The number of benzene rings is 1. The number of carbonyl (C=O) groups is 1. The van der Waals surface area contributed by atoms with Crippen LogP contribution in [0.3, 0.4) is 0 Å². The first-order valence-electron chi connectivity index (χ1n) is 5.41. The summed E-state index contributed by atoms with van der Waals surface area (Å²) in [6.07, 6.45) is 7.27. The van der Waals surface area contributed by atoms with Crippen LogP contribution in [0, 0.1) is 0 Å². The molecule has 0 saturated carbocycles. The molecule has 17 heavy (non-hydrogen) atoms. The Labute approximate surface area is 99.1 Å². The fourth-order valence-corrected chi connectivity index (χ4v) is 2.45. The third-order valence-corrected chi connectivity index (χ3v) is 3.24. The van der Waals surface area contributed by atoms with E-state index in [0.29, 0.717) is 0 Å². The highest BCUT2D eigenvalue weighted by atomic mass is 16.5. The number of fused-ring (bicyclic) bond motifs is 3. The number of nitrogens with zero attached hydrogens (tertiary/aromatic N) is 1. The number of aliphatic imine (C=N–C) groups is 1. The molecular formula is C14H11NO2. The molecule has 0 fully saturated rings. The van der Waals surface area contributed by atoms with Crippen LogP contribution in [-0.2, 0) is 14.9 Å². The Balaban J connectivity index is 2.29. The van der Waals surface area contributed by atoms with Crippen LogP contribution in [0.4, 0.5) is 0 Å². The average Bonchev–Trinajstić information content (AvgIpc) is 2.73. The quantitative estimate of drug-likeness (QED) is 0.686. The van der Waals surface area contributed by atoms with Gasteiger partial charge in [0, 0.05) is 6.21 Å². The highest BCUT2D eigenvalue weighted by Crippen LogP contribution is 2.45. The molecule has 2 aliphatic rings. The summed E-state index contributed by atoms with van der Waals surface area (Å²) in [5.41, 5.74) is 1.85. The highest BCUT2D eigenvalue weighted by Gasteiger charge is 2.48. The number of rotatable bonds is 1. The van der Waals surface area contributed by atoms with Crippen molar-refractivity contribution in [1.82, 2.24) is 0 Å². The molecule has 0 amide bonds. The second kappa shape index (κ2) is 3.42. The monoisotopic (exact) mass is 225 g/mol. The van der Waals surface area contributed by atoms with Gasteiger partial charge in [-0.2, -0.15) is 0 Å². The van der Waals surface area contributed by atoms with Gasteiger partial charge in [-0.3, -0.25) is 9.79 Å². The van der Waals surface area contributed by atoms with Gasteiger partial charge < -0.3 is 4.74 Å². The normalized spacial score (nSPS) is 23.9. The zero-order valence-corrected chi connectivity index (χ0v) is 9.38. The van der Waals surface area contributed by atoms with Crippen LogP contribution in [0.2, 0.25) is 0 Å². The summed E-state index contributed by atoms with van der Waals surface area (Å²) in [4.78, 5) is 16.4. The van der Waals surface area contributed by atoms with E-state index in [1.165, 1.54) is 7.11 Å². The fraction of sp³-hybridized carbons (Fsp3) is 0.143. The van der Waals surface area contributed by atoms with Gasteiger partial charge in [-0.1, -0.05) is 30.3 Å². The van der Waals surface area contributed by atoms with E-state index in [0.717, 1.165) is 16.8 Å². The lowest BCUT2D eigenvalue weighted by atomic mass is 9.79. The van der Waals surface area contributed by atoms with E-state index in [4.69, 9.17) is 4.74 Å². The molecule has 0 bridgehead atoms. The molecule has 3 nitrogen and oxygen atoms in total. The number of hydrogen-bond acceptors (Lipinski definition) is 3. The molecule has 1 atom stereocenters. The molecule has 0 saturated heterocycles. The summed E-state index contributed by atoms with van der Waals surface area (Å²) in [5, 5.41) is 0. The van der Waals surface area contributed by atoms with Crippen LogP contribution in [0.1, 0.15) is 11.1 Å². The van der Waals surface area contributed by atoms with Crippen molar-refractivity contribution >= 4 is 18.3 Å². The number of methoxy groups -OCH3 is 1. The molecule has 3 rings (SSSR count). The minimum atomic E-state index is -0.847. The second-order valence-electron chi connectivity index (χ2n) is 4.05. The number of esters is 1. The molecule has 3 heteroatoms. The summed E-state index contributed by atoms with van der Waals surface area (Å²) in [5.74, 6) is -0.290. The molecule has 1 heterocycles. The van der Waals surface area contributed by atoms with E-state index in [1.807, 2.05) is 36.4 Å². The van der Waals surface area contributed by atoms with Crippen molar-refractivity contribution in [2.24, 2.45) is 4.99 Å². The summed E-state index contributed by atoms with van der Waals surface area (Å²) in [7, 11) is 1.40. The Bertz CT molecular complexity index is 584. The molecule has 84 valence electrons. The van der Waals surface area contributed by atoms with Crippen LogP contribution in [0.15, 0.2) is 47.1 Å². The minimum Gasteiger partial charge on any atom is -0.468 e. The number of hydrogen-bond donors (Lipinski definition) is 0. The summed E-state index contributed by atoms with van der Waals surface area (Å²) in [6.45, 7) is 0. The van der Waals surface area contributed by atoms with Crippen LogP contribution < -0.4 is 0 Å². The van der Waals surface area contributed by atoms with Gasteiger partial charge in [0.15, 0.2) is 5.41 Å². The Morgan fingerprint density at radius 1 is 1.35 bits per heavy atom. The average molecular weight is 225 g/mol. The van der Waals surface area contributed by atoms with Crippen molar-refractivity contribution in [3.63, 3.8) is 0 Å². The molecule has 0 N–H and O–H groups in total. The summed E-state index contributed by atoms with van der Waals surface area (Å²) >= 11 is 0. The van der Waals surface area contributed by atoms with Crippen LogP contribution in [-0.4, -0.2) is 19.3 Å². The second-order valence-corrected chi connectivity index (χ2v) is 4.05. The van der Waals surface area contributed by atoms with Gasteiger partial charge >= 0.3 is 5.97 Å². The molecular weight excluding hydrogens is 214 g/mol. The van der Waals surface area contributed by atoms with Crippen LogP contribution in [0.25, 0.3) is 6.08 Å². The van der Waals surface area contributed by atoms with Gasteiger partial charge in [-0.15, -0.1) is 0 Å². The molecule has 1 aliphatic heterocycles. The van der Waals surface area contributed by atoms with Crippen molar-refractivity contribution in [1.29, 1.82) is 0 Å². The first-order valence-corrected chi connectivity index (χ1v) is 5.41. The lowest BCUT2D eigenvalue weighted by Gasteiger charge is -2.27. The lowest BCUT2D eigenvalue weighted by Crippen LogP contribution is -2.36. The van der Waals surface area contributed by atoms with Gasteiger partial charge in [-0.25, -0.2) is 0 Å². The highest BCUT2D eigenvalue weighted by molar-refractivity contribution is 5.99. The summed E-state index contributed by atoms with van der Waals surface area (Å²) < 4.78 is 4.95. The van der Waals surface area contributed by atoms with E-state index in [9.17, 15) is 4.79 Å². The first kappa shape index (κ1) is 10.0. The topological polar surface area (TPSA) is 38.7 Å².